The Balaban J connectivity index is 2.90. The number of hydrogen-bond donors (Lipinski definition) is 0. The first kappa shape index (κ1) is 22.6. The summed E-state index contributed by atoms with van der Waals surface area (Å²) in [5.74, 6) is -2.82. The van der Waals surface area contributed by atoms with Crippen LogP contribution in [-0.4, -0.2) is 36.0 Å². The van der Waals surface area contributed by atoms with Gasteiger partial charge in [-0.2, -0.15) is 26.3 Å². The third-order valence-corrected chi connectivity index (χ3v) is 4.41. The molecule has 0 radical (unpaired) electrons. The van der Waals surface area contributed by atoms with Crippen molar-refractivity contribution >= 4 is 11.9 Å². The third-order valence-electron chi connectivity index (χ3n) is 4.41. The van der Waals surface area contributed by atoms with E-state index in [9.17, 15) is 35.9 Å². The summed E-state index contributed by atoms with van der Waals surface area (Å²) in [6, 6.07) is 0. The molecule has 1 unspecified atom stereocenters. The van der Waals surface area contributed by atoms with Crippen molar-refractivity contribution in [2.45, 2.75) is 82.9 Å². The number of rotatable bonds is 6. The molecule has 0 aromatic rings. The van der Waals surface area contributed by atoms with Gasteiger partial charge in [-0.25, -0.2) is 0 Å². The second-order valence-corrected chi connectivity index (χ2v) is 6.60. The number of carbonyl (C=O) groups excluding carboxylic acids is 2. The van der Waals surface area contributed by atoms with Gasteiger partial charge in [0.15, 0.2) is 0 Å². The molecule has 0 spiro atoms. The molecule has 0 aromatic heterocycles. The first-order valence-electron chi connectivity index (χ1n) is 8.36. The van der Waals surface area contributed by atoms with Crippen LogP contribution in [-0.2, 0) is 19.1 Å². The number of alkyl halides is 6. The normalized spacial score (nSPS) is 19.1. The van der Waals surface area contributed by atoms with E-state index in [2.05, 4.69) is 4.74 Å². The van der Waals surface area contributed by atoms with Crippen LogP contribution in [0.3, 0.4) is 0 Å². The molecule has 1 atom stereocenters. The van der Waals surface area contributed by atoms with E-state index in [1.807, 2.05) is 0 Å². The minimum Gasteiger partial charge on any atom is -0.458 e. The zero-order valence-electron chi connectivity index (χ0n) is 14.5. The van der Waals surface area contributed by atoms with Crippen molar-refractivity contribution in [2.24, 2.45) is 5.92 Å². The van der Waals surface area contributed by atoms with Gasteiger partial charge < -0.3 is 9.47 Å². The van der Waals surface area contributed by atoms with Crippen molar-refractivity contribution in [3.63, 3.8) is 0 Å². The highest BCUT2D eigenvalue weighted by atomic mass is 19.4. The van der Waals surface area contributed by atoms with Crippen LogP contribution in [0.25, 0.3) is 0 Å². The second-order valence-electron chi connectivity index (χ2n) is 6.60. The van der Waals surface area contributed by atoms with Crippen LogP contribution in [0.4, 0.5) is 26.3 Å². The van der Waals surface area contributed by atoms with Gasteiger partial charge in [0.2, 0.25) is 0 Å². The standard InChI is InChI=1S/C16H22F6O4/c1-3-10(2)12(24)26-14(7-5-4-6-8-14)9-11(23)25-13(15(17,18)19)16(20,21)22/h10,13H,3-9H2,1-2H3. The van der Waals surface area contributed by atoms with Crippen LogP contribution in [0, 0.1) is 5.92 Å². The molecule has 10 heteroatoms. The lowest BCUT2D eigenvalue weighted by Gasteiger charge is -2.37. The first-order valence-corrected chi connectivity index (χ1v) is 8.36. The Bertz CT molecular complexity index is 480. The molecule has 1 rings (SSSR count). The SMILES string of the molecule is CCC(C)C(=O)OC1(CC(=O)OC(C(F)(F)F)C(F)(F)F)CCCCC1. The molecular formula is C16H22F6O4. The molecule has 1 aliphatic carbocycles. The summed E-state index contributed by atoms with van der Waals surface area (Å²) in [6.45, 7) is 3.31. The Kier molecular flexibility index (Phi) is 7.35. The molecule has 0 amide bonds. The lowest BCUT2D eigenvalue weighted by Crippen LogP contribution is -2.47. The minimum atomic E-state index is -5.78. The van der Waals surface area contributed by atoms with E-state index < -0.39 is 48.3 Å². The molecule has 0 saturated heterocycles. The van der Waals surface area contributed by atoms with Crippen LogP contribution >= 0.6 is 0 Å². The number of hydrogen-bond acceptors (Lipinski definition) is 4. The largest absolute Gasteiger partial charge is 0.458 e. The molecule has 0 heterocycles. The summed E-state index contributed by atoms with van der Waals surface area (Å²) in [6.07, 6.45) is -13.9. The average molecular weight is 392 g/mol. The van der Waals surface area contributed by atoms with Crippen LogP contribution in [0.5, 0.6) is 0 Å². The average Bonchev–Trinajstić information content (AvgIpc) is 2.50. The number of carbonyl (C=O) groups is 2. The van der Waals surface area contributed by atoms with Crippen LogP contribution in [0.15, 0.2) is 0 Å². The molecule has 1 aliphatic rings. The number of halogens is 6. The van der Waals surface area contributed by atoms with E-state index in [1.54, 1.807) is 13.8 Å². The van der Waals surface area contributed by atoms with Crippen LogP contribution < -0.4 is 0 Å². The summed E-state index contributed by atoms with van der Waals surface area (Å²) in [4.78, 5) is 23.9. The fraction of sp³-hybridized carbons (Fsp3) is 0.875. The monoisotopic (exact) mass is 392 g/mol. The molecule has 4 nitrogen and oxygen atoms in total. The zero-order valence-corrected chi connectivity index (χ0v) is 14.5. The molecule has 1 fully saturated rings. The van der Waals surface area contributed by atoms with Crippen molar-refractivity contribution < 1.29 is 45.4 Å². The van der Waals surface area contributed by atoms with Gasteiger partial charge in [-0.15, -0.1) is 0 Å². The van der Waals surface area contributed by atoms with E-state index in [4.69, 9.17) is 4.74 Å². The van der Waals surface area contributed by atoms with Crippen molar-refractivity contribution in [3.05, 3.63) is 0 Å². The van der Waals surface area contributed by atoms with Gasteiger partial charge >= 0.3 is 24.3 Å². The molecular weight excluding hydrogens is 370 g/mol. The van der Waals surface area contributed by atoms with Gasteiger partial charge in [0.05, 0.1) is 12.3 Å². The van der Waals surface area contributed by atoms with Crippen molar-refractivity contribution in [3.8, 4) is 0 Å². The highest BCUT2D eigenvalue weighted by molar-refractivity contribution is 5.75. The lowest BCUT2D eigenvalue weighted by molar-refractivity contribution is -0.314. The number of esters is 2. The highest BCUT2D eigenvalue weighted by Crippen LogP contribution is 2.39. The summed E-state index contributed by atoms with van der Waals surface area (Å²) < 4.78 is 84.2. The molecule has 0 N–H and O–H groups in total. The van der Waals surface area contributed by atoms with E-state index in [0.29, 0.717) is 19.3 Å². The summed E-state index contributed by atoms with van der Waals surface area (Å²) in [7, 11) is 0. The van der Waals surface area contributed by atoms with Gasteiger partial charge in [0, 0.05) is 0 Å². The Morgan fingerprint density at radius 3 is 1.92 bits per heavy atom. The topological polar surface area (TPSA) is 52.6 Å². The van der Waals surface area contributed by atoms with E-state index in [-0.39, 0.29) is 12.8 Å². The Hall–Kier alpha value is -1.48. The Morgan fingerprint density at radius 2 is 1.50 bits per heavy atom. The van der Waals surface area contributed by atoms with E-state index >= 15 is 0 Å². The van der Waals surface area contributed by atoms with Crippen molar-refractivity contribution in [1.82, 2.24) is 0 Å². The maximum Gasteiger partial charge on any atom is 0.434 e. The highest BCUT2D eigenvalue weighted by Gasteiger charge is 2.60. The first-order chi connectivity index (χ1) is 11.8. The molecule has 152 valence electrons. The van der Waals surface area contributed by atoms with Crippen molar-refractivity contribution in [2.75, 3.05) is 0 Å². The van der Waals surface area contributed by atoms with Crippen molar-refractivity contribution in [1.29, 1.82) is 0 Å². The number of ether oxygens (including phenoxy) is 2. The summed E-state index contributed by atoms with van der Waals surface area (Å²) >= 11 is 0. The quantitative estimate of drug-likeness (QED) is 0.486. The van der Waals surface area contributed by atoms with Gasteiger partial charge in [0.1, 0.15) is 5.60 Å². The molecule has 26 heavy (non-hydrogen) atoms. The predicted octanol–water partition coefficient (Wildman–Crippen LogP) is 4.71. The van der Waals surface area contributed by atoms with Crippen LogP contribution in [0.1, 0.15) is 58.8 Å². The lowest BCUT2D eigenvalue weighted by atomic mass is 9.82. The summed E-state index contributed by atoms with van der Waals surface area (Å²) in [5, 5.41) is 0. The van der Waals surface area contributed by atoms with Gasteiger partial charge in [-0.05, 0) is 32.1 Å². The molecule has 0 bridgehead atoms. The predicted molar refractivity (Wildman–Crippen MR) is 78.0 cm³/mol. The van der Waals surface area contributed by atoms with Gasteiger partial charge in [0.25, 0.3) is 6.10 Å². The summed E-state index contributed by atoms with van der Waals surface area (Å²) in [5.41, 5.74) is -1.42. The molecule has 0 aromatic carbocycles. The third kappa shape index (κ3) is 6.35. The minimum absolute atomic E-state index is 0.187. The maximum atomic E-state index is 12.5. The van der Waals surface area contributed by atoms with E-state index in [1.165, 1.54) is 0 Å². The molecule has 0 aliphatic heterocycles. The van der Waals surface area contributed by atoms with Crippen LogP contribution in [0.2, 0.25) is 0 Å². The fourth-order valence-electron chi connectivity index (χ4n) is 2.75. The maximum absolute atomic E-state index is 12.5. The molecule has 1 saturated carbocycles. The second kappa shape index (κ2) is 8.47. The fourth-order valence-corrected chi connectivity index (χ4v) is 2.75. The Morgan fingerprint density at radius 1 is 1.00 bits per heavy atom. The van der Waals surface area contributed by atoms with Gasteiger partial charge in [-0.3, -0.25) is 9.59 Å². The zero-order chi connectivity index (χ0) is 20.2. The van der Waals surface area contributed by atoms with Gasteiger partial charge in [-0.1, -0.05) is 20.3 Å². The Labute approximate surface area is 147 Å². The smallest absolute Gasteiger partial charge is 0.434 e. The van der Waals surface area contributed by atoms with E-state index in [0.717, 1.165) is 6.42 Å².